The number of carbonyl (C=O) groups excluding carboxylic acids is 2. The summed E-state index contributed by atoms with van der Waals surface area (Å²) in [5.74, 6) is 1.53. The molecule has 6 rings (SSSR count). The minimum Gasteiger partial charge on any atom is -0.494 e. The number of pyridine rings is 1. The first-order valence-corrected chi connectivity index (χ1v) is 16.3. The Bertz CT molecular complexity index is 1890. The molecule has 1 N–H and O–H groups in total. The van der Waals surface area contributed by atoms with E-state index in [1.54, 1.807) is 24.3 Å². The Morgan fingerprint density at radius 3 is 2.31 bits per heavy atom. The summed E-state index contributed by atoms with van der Waals surface area (Å²) in [5.41, 5.74) is 3.68. The molecule has 0 atom stereocenters. The predicted octanol–water partition coefficient (Wildman–Crippen LogP) is 8.25. The number of hydrogen-bond acceptors (Lipinski definition) is 6. The zero-order valence-electron chi connectivity index (χ0n) is 26.6. The van der Waals surface area contributed by atoms with E-state index in [9.17, 15) is 9.59 Å². The highest BCUT2D eigenvalue weighted by Crippen LogP contribution is 2.28. The van der Waals surface area contributed by atoms with Gasteiger partial charge in [0.2, 0.25) is 5.88 Å². The minimum absolute atomic E-state index is 0. The van der Waals surface area contributed by atoms with Crippen LogP contribution in [-0.2, 0) is 13.6 Å². The Labute approximate surface area is 300 Å². The fourth-order valence-corrected chi connectivity index (χ4v) is 5.81. The number of amides is 2. The highest BCUT2D eigenvalue weighted by atomic mass is 79.9. The van der Waals surface area contributed by atoms with Gasteiger partial charge in [-0.05, 0) is 72.6 Å². The monoisotopic (exact) mass is 751 g/mol. The predicted molar refractivity (Wildman–Crippen MR) is 195 cm³/mol. The molecule has 0 spiro atoms. The van der Waals surface area contributed by atoms with Crippen LogP contribution in [0.15, 0.2) is 85.1 Å². The van der Waals surface area contributed by atoms with Gasteiger partial charge in [0, 0.05) is 62.3 Å². The second-order valence-corrected chi connectivity index (χ2v) is 12.3. The topological polar surface area (TPSA) is 88.9 Å². The second kappa shape index (κ2) is 15.9. The molecule has 0 radical (unpaired) electrons. The maximum absolute atomic E-state index is 13.6. The molecule has 2 aromatic heterocycles. The first kappa shape index (κ1) is 35.2. The number of benzene rings is 3. The van der Waals surface area contributed by atoms with Crippen LogP contribution in [0.25, 0.3) is 10.9 Å². The number of nitrogens with one attached hydrogen (secondary N) is 1. The summed E-state index contributed by atoms with van der Waals surface area (Å²) in [7, 11) is 1.91. The zero-order valence-corrected chi connectivity index (χ0v) is 29.8. The van der Waals surface area contributed by atoms with Gasteiger partial charge in [-0.25, -0.2) is 4.98 Å². The van der Waals surface area contributed by atoms with Crippen molar-refractivity contribution in [2.45, 2.75) is 19.9 Å². The number of aromatic nitrogens is 2. The maximum atomic E-state index is 13.6. The van der Waals surface area contributed by atoms with Crippen molar-refractivity contribution in [3.8, 4) is 17.4 Å². The van der Waals surface area contributed by atoms with Crippen molar-refractivity contribution < 1.29 is 19.1 Å². The lowest BCUT2D eigenvalue weighted by Crippen LogP contribution is -2.48. The van der Waals surface area contributed by atoms with Crippen molar-refractivity contribution in [3.63, 3.8) is 0 Å². The van der Waals surface area contributed by atoms with Crippen molar-refractivity contribution in [2.75, 3.05) is 38.1 Å². The number of carbonyl (C=O) groups is 2. The van der Waals surface area contributed by atoms with Crippen molar-refractivity contribution in [1.29, 1.82) is 0 Å². The number of fused-ring (bicyclic) bond motifs is 1. The van der Waals surface area contributed by atoms with Crippen LogP contribution in [0.3, 0.4) is 0 Å². The Morgan fingerprint density at radius 2 is 1.62 bits per heavy atom. The van der Waals surface area contributed by atoms with E-state index >= 15 is 0 Å². The fraction of sp³-hybridized carbons (Fsp3) is 0.250. The number of aryl methyl sites for hydroxylation is 1. The zero-order chi connectivity index (χ0) is 32.9. The average molecular weight is 754 g/mol. The van der Waals surface area contributed by atoms with E-state index in [0.29, 0.717) is 51.7 Å². The maximum Gasteiger partial charge on any atom is 0.270 e. The van der Waals surface area contributed by atoms with Gasteiger partial charge >= 0.3 is 0 Å². The number of rotatable bonds is 10. The second-order valence-electron chi connectivity index (χ2n) is 11.4. The van der Waals surface area contributed by atoms with E-state index in [-0.39, 0.29) is 28.8 Å². The summed E-state index contributed by atoms with van der Waals surface area (Å²) >= 11 is 12.0. The molecule has 12 heteroatoms. The van der Waals surface area contributed by atoms with Crippen molar-refractivity contribution in [1.82, 2.24) is 19.4 Å². The summed E-state index contributed by atoms with van der Waals surface area (Å²) in [6, 6.07) is 23.9. The molecule has 5 aromatic rings. The molecular weight excluding hydrogens is 717 g/mol. The van der Waals surface area contributed by atoms with E-state index in [1.165, 1.54) is 17.8 Å². The van der Waals surface area contributed by atoms with Crippen molar-refractivity contribution in [2.24, 2.45) is 7.05 Å². The largest absolute Gasteiger partial charge is 0.494 e. The standard InChI is InChI=1S/C36H35Cl2N5O4.BrH/c1-3-18-46-28-8-4-24(5-9-28)23-42-14-16-43(17-15-42)36(45)33-21-26-19-29(10-12-32(26)41(33)2)47-34-13-7-27(22-39-34)40-35(44)25-6-11-30(37)31(38)20-25;/h4-13,19-22H,3,14-18,23H2,1-2H3,(H,40,44);1H. The molecule has 1 aliphatic heterocycles. The average Bonchev–Trinajstić information content (AvgIpc) is 3.41. The summed E-state index contributed by atoms with van der Waals surface area (Å²) in [6.45, 7) is 6.63. The Balaban J connectivity index is 0.00000451. The van der Waals surface area contributed by atoms with Gasteiger partial charge < -0.3 is 24.3 Å². The highest BCUT2D eigenvalue weighted by Gasteiger charge is 2.25. The van der Waals surface area contributed by atoms with Crippen LogP contribution < -0.4 is 14.8 Å². The minimum atomic E-state index is -0.333. The number of halogens is 3. The lowest BCUT2D eigenvalue weighted by molar-refractivity contribution is 0.0619. The third-order valence-corrected chi connectivity index (χ3v) is 8.83. The molecule has 250 valence electrons. The van der Waals surface area contributed by atoms with Crippen LogP contribution in [0.5, 0.6) is 17.4 Å². The molecule has 1 aliphatic rings. The third-order valence-electron chi connectivity index (χ3n) is 8.09. The van der Waals surface area contributed by atoms with Crippen molar-refractivity contribution in [3.05, 3.63) is 112 Å². The van der Waals surface area contributed by atoms with Gasteiger partial charge in [0.25, 0.3) is 11.8 Å². The van der Waals surface area contributed by atoms with Gasteiger partial charge in [-0.2, -0.15) is 0 Å². The highest BCUT2D eigenvalue weighted by molar-refractivity contribution is 8.93. The third kappa shape index (κ3) is 8.30. The van der Waals surface area contributed by atoms with E-state index in [0.717, 1.165) is 49.3 Å². The van der Waals surface area contributed by atoms with Crippen LogP contribution in [-0.4, -0.2) is 64.0 Å². The number of ether oxygens (including phenoxy) is 2. The first-order chi connectivity index (χ1) is 22.8. The Morgan fingerprint density at radius 1 is 0.875 bits per heavy atom. The summed E-state index contributed by atoms with van der Waals surface area (Å²) in [4.78, 5) is 34.8. The molecule has 1 saturated heterocycles. The van der Waals surface area contributed by atoms with Gasteiger partial charge in [-0.15, -0.1) is 17.0 Å². The van der Waals surface area contributed by atoms with Gasteiger partial charge in [0.15, 0.2) is 0 Å². The first-order valence-electron chi connectivity index (χ1n) is 15.5. The van der Waals surface area contributed by atoms with Crippen LogP contribution in [0, 0.1) is 0 Å². The Kier molecular flexibility index (Phi) is 11.6. The lowest BCUT2D eigenvalue weighted by Gasteiger charge is -2.34. The number of piperazine rings is 1. The molecule has 1 fully saturated rings. The molecule has 9 nitrogen and oxygen atoms in total. The molecule has 0 unspecified atom stereocenters. The van der Waals surface area contributed by atoms with Gasteiger partial charge in [0.1, 0.15) is 17.2 Å². The summed E-state index contributed by atoms with van der Waals surface area (Å²) < 4.78 is 13.6. The number of anilines is 1. The van der Waals surface area contributed by atoms with Gasteiger partial charge in [-0.3, -0.25) is 14.5 Å². The van der Waals surface area contributed by atoms with Crippen LogP contribution >= 0.6 is 40.2 Å². The normalized spacial score (nSPS) is 13.2. The lowest BCUT2D eigenvalue weighted by atomic mass is 10.2. The molecule has 3 heterocycles. The van der Waals surface area contributed by atoms with Crippen LogP contribution in [0.2, 0.25) is 10.0 Å². The van der Waals surface area contributed by atoms with E-state index in [1.807, 2.05) is 52.9 Å². The Hall–Kier alpha value is -4.09. The van der Waals surface area contributed by atoms with Crippen LogP contribution in [0.4, 0.5) is 5.69 Å². The van der Waals surface area contributed by atoms with Gasteiger partial charge in [0.05, 0.1) is 28.5 Å². The van der Waals surface area contributed by atoms with E-state index < -0.39 is 0 Å². The SMILES string of the molecule is Br.CCCOc1ccc(CN2CCN(C(=O)c3cc4cc(Oc5ccc(NC(=O)c6ccc(Cl)c(Cl)c6)cn5)ccc4n3C)CC2)cc1. The summed E-state index contributed by atoms with van der Waals surface area (Å²) in [5, 5.41) is 4.36. The molecule has 0 aliphatic carbocycles. The quantitative estimate of drug-likeness (QED) is 0.155. The fourth-order valence-electron chi connectivity index (χ4n) is 5.51. The number of nitrogens with zero attached hydrogens (tertiary/aromatic N) is 4. The molecule has 3 aromatic carbocycles. The van der Waals surface area contributed by atoms with Gasteiger partial charge in [-0.1, -0.05) is 42.3 Å². The van der Waals surface area contributed by atoms with Crippen LogP contribution in [0.1, 0.15) is 39.8 Å². The molecule has 2 amide bonds. The van der Waals surface area contributed by atoms with Crippen molar-refractivity contribution >= 4 is 68.6 Å². The molecule has 0 saturated carbocycles. The number of hydrogen-bond donors (Lipinski definition) is 1. The summed E-state index contributed by atoms with van der Waals surface area (Å²) in [6.07, 6.45) is 2.50. The molecule has 48 heavy (non-hydrogen) atoms. The van der Waals surface area contributed by atoms with E-state index in [4.69, 9.17) is 32.7 Å². The molecule has 0 bridgehead atoms. The van der Waals surface area contributed by atoms with E-state index in [2.05, 4.69) is 34.3 Å². The molecular formula is C36H36BrCl2N5O4. The smallest absolute Gasteiger partial charge is 0.270 e.